The lowest BCUT2D eigenvalue weighted by atomic mass is 9.89. The highest BCUT2D eigenvalue weighted by Gasteiger charge is 2.22. The fraction of sp³-hybridized carbons (Fsp3) is 0.471. The van der Waals surface area contributed by atoms with Gasteiger partial charge in [-0.1, -0.05) is 42.1 Å². The van der Waals surface area contributed by atoms with Crippen LogP contribution in [-0.2, 0) is 0 Å². The van der Waals surface area contributed by atoms with E-state index in [-0.39, 0.29) is 11.9 Å². The predicted molar refractivity (Wildman–Crippen MR) is 84.0 cm³/mol. The van der Waals surface area contributed by atoms with Gasteiger partial charge in [0.05, 0.1) is 0 Å². The molecule has 0 unspecified atom stereocenters. The van der Waals surface area contributed by atoms with E-state index < -0.39 is 0 Å². The van der Waals surface area contributed by atoms with Crippen molar-refractivity contribution in [3.63, 3.8) is 0 Å². The monoisotopic (exact) mass is 299 g/mol. The Morgan fingerprint density at radius 2 is 1.95 bits per heavy atom. The topological polar surface area (TPSA) is 68.0 Å². The van der Waals surface area contributed by atoms with Crippen molar-refractivity contribution in [2.75, 3.05) is 5.32 Å². The largest absolute Gasteiger partial charge is 0.408 e. The third-order valence-electron chi connectivity index (χ3n) is 4.24. The van der Waals surface area contributed by atoms with Gasteiger partial charge in [-0.15, -0.1) is 5.10 Å². The van der Waals surface area contributed by atoms with Crippen LogP contribution in [0.25, 0.3) is 0 Å². The summed E-state index contributed by atoms with van der Waals surface area (Å²) in [7, 11) is 0. The van der Waals surface area contributed by atoms with Gasteiger partial charge >= 0.3 is 6.01 Å². The fourth-order valence-corrected chi connectivity index (χ4v) is 3.03. The molecule has 1 aromatic carbocycles. The normalized spacial score (nSPS) is 15.7. The Hall–Kier alpha value is -2.17. The number of aromatic nitrogens is 2. The first-order chi connectivity index (χ1) is 10.6. The van der Waals surface area contributed by atoms with Gasteiger partial charge < -0.3 is 4.42 Å². The first-order valence-electron chi connectivity index (χ1n) is 7.85. The van der Waals surface area contributed by atoms with Crippen LogP contribution in [0.1, 0.15) is 65.4 Å². The Morgan fingerprint density at radius 1 is 1.18 bits per heavy atom. The van der Waals surface area contributed by atoms with Crippen molar-refractivity contribution in [2.45, 2.75) is 51.9 Å². The average Bonchev–Trinajstić information content (AvgIpc) is 2.96. The zero-order valence-corrected chi connectivity index (χ0v) is 13.1. The molecule has 1 aliphatic carbocycles. The maximum absolute atomic E-state index is 12.3. The number of carbonyl (C=O) groups is 1. The summed E-state index contributed by atoms with van der Waals surface area (Å²) in [5, 5.41) is 10.7. The van der Waals surface area contributed by atoms with E-state index in [9.17, 15) is 4.79 Å². The van der Waals surface area contributed by atoms with Gasteiger partial charge in [-0.2, -0.15) is 0 Å². The van der Waals surface area contributed by atoms with E-state index in [1.165, 1.54) is 19.3 Å². The van der Waals surface area contributed by atoms with E-state index in [0.29, 0.717) is 17.4 Å². The van der Waals surface area contributed by atoms with Gasteiger partial charge in [0.25, 0.3) is 5.91 Å². The van der Waals surface area contributed by atoms with Crippen LogP contribution in [0.5, 0.6) is 0 Å². The molecule has 3 rings (SSSR count). The number of hydrogen-bond acceptors (Lipinski definition) is 4. The molecule has 22 heavy (non-hydrogen) atoms. The van der Waals surface area contributed by atoms with Gasteiger partial charge in [-0.05, 0) is 38.3 Å². The molecule has 0 spiro atoms. The molecular formula is C17H21N3O2. The van der Waals surface area contributed by atoms with Crippen molar-refractivity contribution in [1.29, 1.82) is 0 Å². The van der Waals surface area contributed by atoms with Crippen molar-refractivity contribution in [2.24, 2.45) is 0 Å². The summed E-state index contributed by atoms with van der Waals surface area (Å²) < 4.78 is 5.62. The highest BCUT2D eigenvalue weighted by molar-refractivity contribution is 6.04. The molecule has 0 aliphatic heterocycles. The summed E-state index contributed by atoms with van der Waals surface area (Å²) in [4.78, 5) is 12.3. The highest BCUT2D eigenvalue weighted by Crippen LogP contribution is 2.32. The molecule has 1 heterocycles. The summed E-state index contributed by atoms with van der Waals surface area (Å²) in [5.74, 6) is 0.778. The van der Waals surface area contributed by atoms with Crippen molar-refractivity contribution in [3.05, 3.63) is 40.8 Å². The van der Waals surface area contributed by atoms with Crippen LogP contribution in [0.15, 0.2) is 22.6 Å². The van der Waals surface area contributed by atoms with Crippen molar-refractivity contribution in [3.8, 4) is 0 Å². The van der Waals surface area contributed by atoms with Crippen LogP contribution in [0.4, 0.5) is 6.01 Å². The van der Waals surface area contributed by atoms with Gasteiger partial charge in [-0.3, -0.25) is 10.1 Å². The second kappa shape index (κ2) is 6.30. The van der Waals surface area contributed by atoms with E-state index in [0.717, 1.165) is 24.0 Å². The van der Waals surface area contributed by atoms with Gasteiger partial charge in [0, 0.05) is 11.5 Å². The first-order valence-corrected chi connectivity index (χ1v) is 7.85. The maximum Gasteiger partial charge on any atom is 0.322 e. The molecular weight excluding hydrogens is 278 g/mol. The lowest BCUT2D eigenvalue weighted by Gasteiger charge is -2.17. The minimum Gasteiger partial charge on any atom is -0.408 e. The van der Waals surface area contributed by atoms with Crippen LogP contribution in [0.2, 0.25) is 0 Å². The van der Waals surface area contributed by atoms with E-state index >= 15 is 0 Å². The predicted octanol–water partition coefficient (Wildman–Crippen LogP) is 3.99. The Morgan fingerprint density at radius 3 is 2.68 bits per heavy atom. The maximum atomic E-state index is 12.3. The fourth-order valence-electron chi connectivity index (χ4n) is 3.03. The lowest BCUT2D eigenvalue weighted by molar-refractivity contribution is 0.102. The van der Waals surface area contributed by atoms with E-state index in [1.807, 2.05) is 32.0 Å². The van der Waals surface area contributed by atoms with Crippen LogP contribution in [-0.4, -0.2) is 16.1 Å². The van der Waals surface area contributed by atoms with Crippen LogP contribution in [0, 0.1) is 13.8 Å². The van der Waals surface area contributed by atoms with E-state index in [2.05, 4.69) is 15.5 Å². The molecule has 0 bridgehead atoms. The molecule has 1 N–H and O–H groups in total. The van der Waals surface area contributed by atoms with E-state index in [1.54, 1.807) is 0 Å². The van der Waals surface area contributed by atoms with E-state index in [4.69, 9.17) is 4.42 Å². The summed E-state index contributed by atoms with van der Waals surface area (Å²) >= 11 is 0. The summed E-state index contributed by atoms with van der Waals surface area (Å²) in [6.45, 7) is 3.92. The molecule has 1 fully saturated rings. The Bertz CT molecular complexity index is 672. The highest BCUT2D eigenvalue weighted by atomic mass is 16.4. The lowest BCUT2D eigenvalue weighted by Crippen LogP contribution is -2.13. The molecule has 0 radical (unpaired) electrons. The Labute approximate surface area is 130 Å². The molecule has 116 valence electrons. The number of amides is 1. The number of benzene rings is 1. The molecule has 1 amide bonds. The standard InChI is InChI=1S/C17H21N3O2/c1-11-8-9-14(12(2)10-11)15(21)18-17-20-19-16(22-17)13-6-4-3-5-7-13/h8-10,13H,3-7H2,1-2H3,(H,18,20,21). The zero-order chi connectivity index (χ0) is 15.5. The number of nitrogens with zero attached hydrogens (tertiary/aromatic N) is 2. The van der Waals surface area contributed by atoms with Gasteiger partial charge in [0.2, 0.25) is 5.89 Å². The van der Waals surface area contributed by atoms with Crippen molar-refractivity contribution in [1.82, 2.24) is 10.2 Å². The SMILES string of the molecule is Cc1ccc(C(=O)Nc2nnc(C3CCCCC3)o2)c(C)c1. The van der Waals surface area contributed by atoms with Crippen LogP contribution in [0.3, 0.4) is 0 Å². The number of carbonyl (C=O) groups excluding carboxylic acids is 1. The third kappa shape index (κ3) is 3.18. The Balaban J connectivity index is 1.70. The molecule has 2 aromatic rings. The molecule has 0 saturated heterocycles. The molecule has 1 aliphatic rings. The number of nitrogens with one attached hydrogen (secondary N) is 1. The number of anilines is 1. The van der Waals surface area contributed by atoms with Crippen LogP contribution >= 0.6 is 0 Å². The molecule has 1 saturated carbocycles. The molecule has 5 nitrogen and oxygen atoms in total. The summed E-state index contributed by atoms with van der Waals surface area (Å²) in [6.07, 6.45) is 5.87. The number of hydrogen-bond donors (Lipinski definition) is 1. The Kier molecular flexibility index (Phi) is 4.22. The molecule has 0 atom stereocenters. The minimum absolute atomic E-state index is 0.186. The van der Waals surface area contributed by atoms with Crippen molar-refractivity contribution >= 4 is 11.9 Å². The van der Waals surface area contributed by atoms with Crippen LogP contribution < -0.4 is 5.32 Å². The third-order valence-corrected chi connectivity index (χ3v) is 4.24. The van der Waals surface area contributed by atoms with Crippen molar-refractivity contribution < 1.29 is 9.21 Å². The molecule has 5 heteroatoms. The van der Waals surface area contributed by atoms with Gasteiger partial charge in [-0.25, -0.2) is 0 Å². The van der Waals surface area contributed by atoms with Gasteiger partial charge in [0.1, 0.15) is 0 Å². The number of rotatable bonds is 3. The number of aryl methyl sites for hydroxylation is 2. The average molecular weight is 299 g/mol. The first kappa shape index (κ1) is 14.8. The summed E-state index contributed by atoms with van der Waals surface area (Å²) in [5.41, 5.74) is 2.69. The second-order valence-electron chi connectivity index (χ2n) is 6.05. The van der Waals surface area contributed by atoms with Gasteiger partial charge in [0.15, 0.2) is 0 Å². The summed E-state index contributed by atoms with van der Waals surface area (Å²) in [6, 6.07) is 5.91. The second-order valence-corrected chi connectivity index (χ2v) is 6.05. The zero-order valence-electron chi connectivity index (χ0n) is 13.1. The quantitative estimate of drug-likeness (QED) is 0.930. The minimum atomic E-state index is -0.212. The molecule has 1 aromatic heterocycles. The smallest absolute Gasteiger partial charge is 0.322 e.